The lowest BCUT2D eigenvalue weighted by atomic mass is 10.0. The Balaban J connectivity index is 2.58. The predicted molar refractivity (Wildman–Crippen MR) is 57.9 cm³/mol. The second-order valence-corrected chi connectivity index (χ2v) is 4.04. The lowest BCUT2D eigenvalue weighted by molar-refractivity contribution is -0.135. The Morgan fingerprint density at radius 1 is 1.53 bits per heavy atom. The van der Waals surface area contributed by atoms with Crippen molar-refractivity contribution in [2.24, 2.45) is 12.9 Å². The van der Waals surface area contributed by atoms with Crippen LogP contribution in [-0.2, 0) is 7.05 Å². The fourth-order valence-electron chi connectivity index (χ4n) is 1.69. The van der Waals surface area contributed by atoms with Crippen molar-refractivity contribution in [2.45, 2.75) is 38.4 Å². The number of halogens is 3. The van der Waals surface area contributed by atoms with Crippen LogP contribution in [0.5, 0.6) is 0 Å². The quantitative estimate of drug-likeness (QED) is 0.620. The average Bonchev–Trinajstić information content (AvgIpc) is 2.54. The summed E-state index contributed by atoms with van der Waals surface area (Å²) in [6.45, 7) is 1.86. The van der Waals surface area contributed by atoms with Crippen molar-refractivity contribution >= 4 is 0 Å². The van der Waals surface area contributed by atoms with Crippen LogP contribution in [0.1, 0.15) is 36.6 Å². The van der Waals surface area contributed by atoms with Gasteiger partial charge in [-0.1, -0.05) is 0 Å². The van der Waals surface area contributed by atoms with E-state index in [0.717, 1.165) is 11.3 Å². The Hall–Kier alpha value is -1.08. The topological polar surface area (TPSA) is 55.9 Å². The predicted octanol–water partition coefficient (Wildman–Crippen LogP) is 1.97. The summed E-state index contributed by atoms with van der Waals surface area (Å²) in [6.07, 6.45) is -2.88. The molecule has 1 unspecified atom stereocenters. The molecule has 0 radical (unpaired) electrons. The van der Waals surface area contributed by atoms with E-state index in [-0.39, 0.29) is 12.5 Å². The number of nitrogens with one attached hydrogen (secondary N) is 1. The highest BCUT2D eigenvalue weighted by molar-refractivity contribution is 5.20. The summed E-state index contributed by atoms with van der Waals surface area (Å²) in [4.78, 5) is 0. The van der Waals surface area contributed by atoms with Gasteiger partial charge in [0, 0.05) is 30.8 Å². The monoisotopic (exact) mass is 250 g/mol. The Morgan fingerprint density at radius 3 is 2.59 bits per heavy atom. The lowest BCUT2D eigenvalue weighted by Crippen LogP contribution is -2.28. The second-order valence-electron chi connectivity index (χ2n) is 4.04. The molecule has 0 fully saturated rings. The van der Waals surface area contributed by atoms with E-state index >= 15 is 0 Å². The molecule has 4 nitrogen and oxygen atoms in total. The number of rotatable bonds is 5. The molecule has 1 atom stereocenters. The third-order valence-corrected chi connectivity index (χ3v) is 2.80. The van der Waals surface area contributed by atoms with Gasteiger partial charge < -0.3 is 0 Å². The van der Waals surface area contributed by atoms with Crippen LogP contribution in [0.2, 0.25) is 0 Å². The highest BCUT2D eigenvalue weighted by atomic mass is 19.4. The van der Waals surface area contributed by atoms with Gasteiger partial charge in [0.2, 0.25) is 0 Å². The van der Waals surface area contributed by atoms with Crippen LogP contribution >= 0.6 is 0 Å². The SMILES string of the molecule is Cc1c(C(CCCC(F)(F)F)NN)cnn1C. The molecule has 0 aliphatic rings. The molecule has 98 valence electrons. The normalized spacial score (nSPS) is 14.0. The van der Waals surface area contributed by atoms with E-state index in [0.29, 0.717) is 6.42 Å². The van der Waals surface area contributed by atoms with Gasteiger partial charge in [0.25, 0.3) is 0 Å². The van der Waals surface area contributed by atoms with Gasteiger partial charge in [-0.05, 0) is 19.8 Å². The first-order valence-electron chi connectivity index (χ1n) is 5.36. The number of nitrogens with two attached hydrogens (primary N) is 1. The Morgan fingerprint density at radius 2 is 2.18 bits per heavy atom. The van der Waals surface area contributed by atoms with Gasteiger partial charge in [0.1, 0.15) is 0 Å². The molecule has 0 saturated heterocycles. The fourth-order valence-corrected chi connectivity index (χ4v) is 1.69. The van der Waals surface area contributed by atoms with Gasteiger partial charge in [-0.3, -0.25) is 16.0 Å². The van der Waals surface area contributed by atoms with E-state index in [1.54, 1.807) is 17.9 Å². The molecule has 1 rings (SSSR count). The van der Waals surface area contributed by atoms with Crippen molar-refractivity contribution in [1.82, 2.24) is 15.2 Å². The standard InChI is InChI=1S/C10H17F3N4/c1-7-8(6-15-17(7)2)9(16-14)4-3-5-10(11,12)13/h6,9,16H,3-5,14H2,1-2H3. The number of hydrazine groups is 1. The van der Waals surface area contributed by atoms with Crippen LogP contribution < -0.4 is 11.3 Å². The summed E-state index contributed by atoms with van der Waals surface area (Å²) in [7, 11) is 1.78. The molecule has 0 aliphatic heterocycles. The molecule has 0 saturated carbocycles. The largest absolute Gasteiger partial charge is 0.389 e. The van der Waals surface area contributed by atoms with Crippen molar-refractivity contribution < 1.29 is 13.2 Å². The first-order chi connectivity index (χ1) is 7.85. The number of hydrogen-bond donors (Lipinski definition) is 2. The zero-order chi connectivity index (χ0) is 13.1. The Kier molecular flexibility index (Phi) is 4.53. The first kappa shape index (κ1) is 14.0. The molecular weight excluding hydrogens is 233 g/mol. The maximum Gasteiger partial charge on any atom is 0.389 e. The summed E-state index contributed by atoms with van der Waals surface area (Å²) in [5.41, 5.74) is 4.29. The molecule has 1 heterocycles. The van der Waals surface area contributed by atoms with E-state index < -0.39 is 12.6 Å². The zero-order valence-corrected chi connectivity index (χ0v) is 9.88. The molecule has 0 spiro atoms. The molecule has 1 aromatic heterocycles. The number of aromatic nitrogens is 2. The number of aryl methyl sites for hydroxylation is 1. The molecule has 0 bridgehead atoms. The molecular formula is C10H17F3N4. The van der Waals surface area contributed by atoms with Crippen LogP contribution in [0, 0.1) is 6.92 Å². The molecule has 7 heteroatoms. The summed E-state index contributed by atoms with van der Waals surface area (Å²) >= 11 is 0. The van der Waals surface area contributed by atoms with Crippen molar-refractivity contribution in [3.63, 3.8) is 0 Å². The summed E-state index contributed by atoms with van der Waals surface area (Å²) < 4.78 is 37.8. The van der Waals surface area contributed by atoms with Gasteiger partial charge >= 0.3 is 6.18 Å². The zero-order valence-electron chi connectivity index (χ0n) is 9.88. The highest BCUT2D eigenvalue weighted by Crippen LogP contribution is 2.26. The molecule has 1 aromatic rings. The molecule has 17 heavy (non-hydrogen) atoms. The molecule has 0 amide bonds. The van der Waals surface area contributed by atoms with Gasteiger partial charge in [0.15, 0.2) is 0 Å². The smallest absolute Gasteiger partial charge is 0.273 e. The molecule has 3 N–H and O–H groups in total. The number of hydrogen-bond acceptors (Lipinski definition) is 3. The maximum atomic E-state index is 12.0. The van der Waals surface area contributed by atoms with Crippen molar-refractivity contribution in [2.75, 3.05) is 0 Å². The van der Waals surface area contributed by atoms with E-state index in [9.17, 15) is 13.2 Å². The Bertz CT molecular complexity index is 359. The maximum absolute atomic E-state index is 12.0. The van der Waals surface area contributed by atoms with Gasteiger partial charge in [-0.2, -0.15) is 18.3 Å². The van der Waals surface area contributed by atoms with Crippen LogP contribution in [0.25, 0.3) is 0 Å². The summed E-state index contributed by atoms with van der Waals surface area (Å²) in [6, 6.07) is -0.286. The van der Waals surface area contributed by atoms with Gasteiger partial charge in [0.05, 0.1) is 6.20 Å². The first-order valence-corrected chi connectivity index (χ1v) is 5.36. The lowest BCUT2D eigenvalue weighted by Gasteiger charge is -2.16. The minimum absolute atomic E-state index is 0.0483. The molecule has 0 aliphatic carbocycles. The van der Waals surface area contributed by atoms with Gasteiger partial charge in [-0.25, -0.2) is 0 Å². The number of alkyl halides is 3. The highest BCUT2D eigenvalue weighted by Gasteiger charge is 2.27. The van der Waals surface area contributed by atoms with Crippen molar-refractivity contribution in [3.05, 3.63) is 17.5 Å². The van der Waals surface area contributed by atoms with Crippen molar-refractivity contribution in [1.29, 1.82) is 0 Å². The minimum Gasteiger partial charge on any atom is -0.273 e. The van der Waals surface area contributed by atoms with E-state index in [2.05, 4.69) is 10.5 Å². The van der Waals surface area contributed by atoms with Crippen LogP contribution in [-0.4, -0.2) is 16.0 Å². The molecule has 0 aromatic carbocycles. The summed E-state index contributed by atoms with van der Waals surface area (Å²) in [5.74, 6) is 5.36. The van der Waals surface area contributed by atoms with E-state index in [4.69, 9.17) is 5.84 Å². The Labute approximate surface area is 97.9 Å². The average molecular weight is 250 g/mol. The fraction of sp³-hybridized carbons (Fsp3) is 0.700. The van der Waals surface area contributed by atoms with E-state index in [1.165, 1.54) is 0 Å². The third-order valence-electron chi connectivity index (χ3n) is 2.80. The second kappa shape index (κ2) is 5.50. The summed E-state index contributed by atoms with van der Waals surface area (Å²) in [5, 5.41) is 4.04. The van der Waals surface area contributed by atoms with Gasteiger partial charge in [-0.15, -0.1) is 0 Å². The van der Waals surface area contributed by atoms with Crippen LogP contribution in [0.4, 0.5) is 13.2 Å². The van der Waals surface area contributed by atoms with Crippen LogP contribution in [0.15, 0.2) is 6.20 Å². The van der Waals surface area contributed by atoms with Crippen LogP contribution in [0.3, 0.4) is 0 Å². The van der Waals surface area contributed by atoms with E-state index in [1.807, 2.05) is 6.92 Å². The minimum atomic E-state index is -4.11. The third kappa shape index (κ3) is 4.01. The number of nitrogens with zero attached hydrogens (tertiary/aromatic N) is 2. The van der Waals surface area contributed by atoms with Crippen molar-refractivity contribution in [3.8, 4) is 0 Å².